The predicted molar refractivity (Wildman–Crippen MR) is 80.6 cm³/mol. The van der Waals surface area contributed by atoms with Crippen molar-refractivity contribution in [2.45, 2.75) is 68.2 Å². The largest absolute Gasteiger partial charge is 0.362 e. The number of thioether (sulfide) groups is 1. The highest BCUT2D eigenvalue weighted by molar-refractivity contribution is 8.00. The molecule has 0 amide bonds. The third kappa shape index (κ3) is 2.05. The maximum Gasteiger partial charge on any atom is 0.0511 e. The van der Waals surface area contributed by atoms with Gasteiger partial charge in [-0.1, -0.05) is 25.0 Å². The SMILES string of the molecule is CC(C)(C)N1c2ccccc2SC2CCCCC21. The molecule has 3 rings (SSSR count). The summed E-state index contributed by atoms with van der Waals surface area (Å²) < 4.78 is 0. The first-order valence-electron chi connectivity index (χ1n) is 7.12. The Labute approximate surface area is 115 Å². The Morgan fingerprint density at radius 3 is 2.61 bits per heavy atom. The molecule has 0 saturated heterocycles. The number of hydrogen-bond acceptors (Lipinski definition) is 2. The Morgan fingerprint density at radius 2 is 1.83 bits per heavy atom. The van der Waals surface area contributed by atoms with Gasteiger partial charge in [-0.2, -0.15) is 0 Å². The molecule has 0 spiro atoms. The highest BCUT2D eigenvalue weighted by Crippen LogP contribution is 2.48. The first-order valence-corrected chi connectivity index (χ1v) is 8.00. The van der Waals surface area contributed by atoms with Gasteiger partial charge in [0.05, 0.1) is 5.69 Å². The van der Waals surface area contributed by atoms with E-state index in [0.29, 0.717) is 0 Å². The second-order valence-electron chi connectivity index (χ2n) is 6.52. The van der Waals surface area contributed by atoms with Crippen molar-refractivity contribution in [2.75, 3.05) is 4.90 Å². The van der Waals surface area contributed by atoms with E-state index in [1.807, 2.05) is 0 Å². The van der Waals surface area contributed by atoms with Crippen LogP contribution < -0.4 is 4.90 Å². The fourth-order valence-corrected chi connectivity index (χ4v) is 4.94. The van der Waals surface area contributed by atoms with E-state index in [1.165, 1.54) is 36.3 Å². The van der Waals surface area contributed by atoms with Crippen LogP contribution in [0.3, 0.4) is 0 Å². The Balaban J connectivity index is 2.06. The van der Waals surface area contributed by atoms with Crippen LogP contribution in [0, 0.1) is 0 Å². The van der Waals surface area contributed by atoms with Crippen molar-refractivity contribution in [1.82, 2.24) is 0 Å². The molecule has 1 aliphatic heterocycles. The quantitative estimate of drug-likeness (QED) is 0.665. The van der Waals surface area contributed by atoms with E-state index >= 15 is 0 Å². The summed E-state index contributed by atoms with van der Waals surface area (Å²) in [6, 6.07) is 9.69. The van der Waals surface area contributed by atoms with Crippen LogP contribution in [-0.2, 0) is 0 Å². The first-order chi connectivity index (χ1) is 8.57. The molecule has 0 radical (unpaired) electrons. The maximum absolute atomic E-state index is 2.70. The number of hydrogen-bond donors (Lipinski definition) is 0. The lowest BCUT2D eigenvalue weighted by atomic mass is 9.89. The Kier molecular flexibility index (Phi) is 3.09. The zero-order valence-corrected chi connectivity index (χ0v) is 12.5. The van der Waals surface area contributed by atoms with Gasteiger partial charge < -0.3 is 4.90 Å². The number of anilines is 1. The highest BCUT2D eigenvalue weighted by atomic mass is 32.2. The van der Waals surface area contributed by atoms with E-state index in [9.17, 15) is 0 Å². The topological polar surface area (TPSA) is 3.24 Å². The lowest BCUT2D eigenvalue weighted by Crippen LogP contribution is -2.55. The summed E-state index contributed by atoms with van der Waals surface area (Å²) in [6.45, 7) is 7.06. The van der Waals surface area contributed by atoms with E-state index in [-0.39, 0.29) is 5.54 Å². The van der Waals surface area contributed by atoms with Gasteiger partial charge in [-0.3, -0.25) is 0 Å². The molecule has 1 aromatic rings. The summed E-state index contributed by atoms with van der Waals surface area (Å²) >= 11 is 2.12. The average molecular weight is 261 g/mol. The van der Waals surface area contributed by atoms with Crippen LogP contribution in [0.5, 0.6) is 0 Å². The number of para-hydroxylation sites is 1. The molecule has 1 fully saturated rings. The zero-order valence-electron chi connectivity index (χ0n) is 11.6. The molecule has 1 nitrogen and oxygen atoms in total. The predicted octanol–water partition coefficient (Wildman–Crippen LogP) is 4.71. The van der Waals surface area contributed by atoms with Gasteiger partial charge in [0.2, 0.25) is 0 Å². The van der Waals surface area contributed by atoms with Gasteiger partial charge in [-0.15, -0.1) is 11.8 Å². The smallest absolute Gasteiger partial charge is 0.0511 e. The molecular weight excluding hydrogens is 238 g/mol. The van der Waals surface area contributed by atoms with Gasteiger partial charge in [0, 0.05) is 21.7 Å². The molecule has 2 aliphatic rings. The van der Waals surface area contributed by atoms with Crippen LogP contribution in [0.15, 0.2) is 29.2 Å². The number of fused-ring (bicyclic) bond motifs is 2. The van der Waals surface area contributed by atoms with Crippen LogP contribution in [0.2, 0.25) is 0 Å². The summed E-state index contributed by atoms with van der Waals surface area (Å²) in [5.41, 5.74) is 1.68. The van der Waals surface area contributed by atoms with E-state index in [2.05, 4.69) is 61.7 Å². The molecule has 2 atom stereocenters. The molecule has 0 aromatic heterocycles. The third-order valence-corrected chi connectivity index (χ3v) is 5.58. The summed E-state index contributed by atoms with van der Waals surface area (Å²) in [5.74, 6) is 0. The van der Waals surface area contributed by atoms with Crippen LogP contribution in [0.25, 0.3) is 0 Å². The summed E-state index contributed by atoms with van der Waals surface area (Å²) in [7, 11) is 0. The summed E-state index contributed by atoms with van der Waals surface area (Å²) in [5, 5.41) is 0.799. The van der Waals surface area contributed by atoms with Gasteiger partial charge in [-0.25, -0.2) is 0 Å². The molecule has 2 heteroatoms. The van der Waals surface area contributed by atoms with Crippen LogP contribution in [-0.4, -0.2) is 16.8 Å². The first kappa shape index (κ1) is 12.4. The molecule has 0 N–H and O–H groups in total. The number of benzene rings is 1. The highest BCUT2D eigenvalue weighted by Gasteiger charge is 2.40. The van der Waals surface area contributed by atoms with Crippen molar-refractivity contribution in [3.8, 4) is 0 Å². The Morgan fingerprint density at radius 1 is 1.11 bits per heavy atom. The molecule has 1 saturated carbocycles. The summed E-state index contributed by atoms with van der Waals surface area (Å²) in [4.78, 5) is 4.18. The standard InChI is InChI=1S/C16H23NS/c1-16(2,3)17-12-8-4-6-10-14(12)18-15-11-7-5-9-13(15)17/h4,6,8,10,13,15H,5,7,9,11H2,1-3H3. The van der Waals surface area contributed by atoms with Crippen molar-refractivity contribution in [1.29, 1.82) is 0 Å². The minimum atomic E-state index is 0.220. The van der Waals surface area contributed by atoms with E-state index in [4.69, 9.17) is 0 Å². The monoisotopic (exact) mass is 261 g/mol. The Bertz CT molecular complexity index is 435. The minimum Gasteiger partial charge on any atom is -0.362 e. The van der Waals surface area contributed by atoms with Crippen molar-refractivity contribution in [2.24, 2.45) is 0 Å². The summed E-state index contributed by atoms with van der Waals surface area (Å²) in [6.07, 6.45) is 5.56. The van der Waals surface area contributed by atoms with Crippen molar-refractivity contribution >= 4 is 17.4 Å². The molecule has 1 aromatic carbocycles. The second-order valence-corrected chi connectivity index (χ2v) is 7.80. The molecule has 2 unspecified atom stereocenters. The van der Waals surface area contributed by atoms with Crippen LogP contribution >= 0.6 is 11.8 Å². The lowest BCUT2D eigenvalue weighted by Gasteiger charge is -2.51. The van der Waals surface area contributed by atoms with Crippen LogP contribution in [0.1, 0.15) is 46.5 Å². The fraction of sp³-hybridized carbons (Fsp3) is 0.625. The van der Waals surface area contributed by atoms with E-state index < -0.39 is 0 Å². The van der Waals surface area contributed by atoms with Gasteiger partial charge in [0.1, 0.15) is 0 Å². The van der Waals surface area contributed by atoms with E-state index in [1.54, 1.807) is 0 Å². The molecular formula is C16H23NS. The minimum absolute atomic E-state index is 0.220. The maximum atomic E-state index is 2.70. The van der Waals surface area contributed by atoms with Crippen molar-refractivity contribution in [3.05, 3.63) is 24.3 Å². The number of rotatable bonds is 0. The number of nitrogens with zero attached hydrogens (tertiary/aromatic N) is 1. The van der Waals surface area contributed by atoms with Crippen molar-refractivity contribution < 1.29 is 0 Å². The average Bonchev–Trinajstić information content (AvgIpc) is 2.34. The lowest BCUT2D eigenvalue weighted by molar-refractivity contribution is 0.356. The molecule has 0 bridgehead atoms. The van der Waals surface area contributed by atoms with E-state index in [0.717, 1.165) is 11.3 Å². The molecule has 1 aliphatic carbocycles. The van der Waals surface area contributed by atoms with Gasteiger partial charge in [-0.05, 0) is 45.7 Å². The molecule has 1 heterocycles. The van der Waals surface area contributed by atoms with Gasteiger partial charge >= 0.3 is 0 Å². The fourth-order valence-electron chi connectivity index (χ4n) is 3.47. The second kappa shape index (κ2) is 4.48. The van der Waals surface area contributed by atoms with Crippen LogP contribution in [0.4, 0.5) is 5.69 Å². The van der Waals surface area contributed by atoms with Gasteiger partial charge in [0.25, 0.3) is 0 Å². The van der Waals surface area contributed by atoms with Crippen molar-refractivity contribution in [3.63, 3.8) is 0 Å². The normalized spacial score (nSPS) is 27.6. The Hall–Kier alpha value is -0.630. The molecule has 18 heavy (non-hydrogen) atoms. The third-order valence-electron chi connectivity index (χ3n) is 4.13. The zero-order chi connectivity index (χ0) is 12.8. The molecule has 98 valence electrons. The van der Waals surface area contributed by atoms with Gasteiger partial charge in [0.15, 0.2) is 0 Å².